The molecule has 2 rings (SSSR count). The predicted molar refractivity (Wildman–Crippen MR) is 82.2 cm³/mol. The molecule has 0 unspecified atom stereocenters. The number of aliphatic carboxylic acids is 1. The Kier molecular flexibility index (Phi) is 8.21. The van der Waals surface area contributed by atoms with E-state index in [1.165, 1.54) is 0 Å². The third-order valence-corrected chi connectivity index (χ3v) is 2.77. The Hall–Kier alpha value is -1.65. The molecule has 2 aromatic rings. The fraction of sp³-hybridized carbons (Fsp3) is 0.294. The van der Waals surface area contributed by atoms with Gasteiger partial charge in [0.25, 0.3) is 0 Å². The zero-order valence-electron chi connectivity index (χ0n) is 13.3. The van der Waals surface area contributed by atoms with Gasteiger partial charge in [-0.15, -0.1) is 12.1 Å². The van der Waals surface area contributed by atoms with E-state index in [9.17, 15) is 8.78 Å². The van der Waals surface area contributed by atoms with Gasteiger partial charge in [-0.1, -0.05) is 23.3 Å². The van der Waals surface area contributed by atoms with Crippen LogP contribution < -0.4 is 0 Å². The fourth-order valence-electron chi connectivity index (χ4n) is 1.37. The van der Waals surface area contributed by atoms with Crippen molar-refractivity contribution in [1.29, 1.82) is 0 Å². The maximum absolute atomic E-state index is 13.4. The molecule has 6 heteroatoms. The molecule has 2 N–H and O–H groups in total. The number of halogens is 2. The molecule has 3 nitrogen and oxygen atoms in total. The molecule has 127 valence electrons. The van der Waals surface area contributed by atoms with Gasteiger partial charge in [-0.2, -0.15) is 0 Å². The molecule has 0 amide bonds. The predicted octanol–water partition coefficient (Wildman–Crippen LogP) is 4.23. The summed E-state index contributed by atoms with van der Waals surface area (Å²) in [6, 6.07) is 8.07. The molecule has 0 bridgehead atoms. The van der Waals surface area contributed by atoms with Crippen LogP contribution in [0.25, 0.3) is 11.3 Å². The van der Waals surface area contributed by atoms with Gasteiger partial charge in [-0.3, -0.25) is 8.78 Å². The average molecular weight is 500 g/mol. The molecule has 0 saturated heterocycles. The van der Waals surface area contributed by atoms with Crippen LogP contribution in [-0.2, 0) is 20.1 Å². The van der Waals surface area contributed by atoms with Crippen molar-refractivity contribution in [3.05, 3.63) is 53.7 Å². The number of aliphatic hydroxyl groups excluding tert-OH is 1. The van der Waals surface area contributed by atoms with Crippen molar-refractivity contribution >= 4 is 5.97 Å². The molecule has 0 atom stereocenters. The summed E-state index contributed by atoms with van der Waals surface area (Å²) in [6.45, 7) is 6.99. The van der Waals surface area contributed by atoms with Crippen LogP contribution in [0.2, 0.25) is 0 Å². The maximum atomic E-state index is 13.4. The molecule has 1 aromatic carbocycles. The SMILES string of the molecule is CC(C)(C)C(O)=[OH+].Cc1cccnc1-c1[c-]cc(F)cc1F.[Ir]. The summed E-state index contributed by atoms with van der Waals surface area (Å²) >= 11 is 0. The Morgan fingerprint density at radius 2 is 1.87 bits per heavy atom. The summed E-state index contributed by atoms with van der Waals surface area (Å²) in [5, 5.41) is 8.36. The summed E-state index contributed by atoms with van der Waals surface area (Å²) in [7, 11) is 0. The first kappa shape index (κ1) is 21.3. The molecule has 1 heterocycles. The van der Waals surface area contributed by atoms with Crippen molar-refractivity contribution in [2.45, 2.75) is 27.7 Å². The number of nitrogens with zero attached hydrogens (tertiary/aromatic N) is 1. The number of carboxylic acids is 1. The van der Waals surface area contributed by atoms with E-state index in [0.29, 0.717) is 5.69 Å². The number of pyridine rings is 1. The van der Waals surface area contributed by atoms with Crippen molar-refractivity contribution in [2.75, 3.05) is 0 Å². The minimum atomic E-state index is -0.642. The first-order chi connectivity index (χ1) is 10.1. The van der Waals surface area contributed by atoms with E-state index in [2.05, 4.69) is 11.1 Å². The second kappa shape index (κ2) is 8.84. The van der Waals surface area contributed by atoms with E-state index < -0.39 is 23.0 Å². The van der Waals surface area contributed by atoms with Crippen molar-refractivity contribution in [3.8, 4) is 11.3 Å². The van der Waals surface area contributed by atoms with E-state index in [0.717, 1.165) is 17.7 Å². The molecule has 1 aromatic heterocycles. The maximum Gasteiger partial charge on any atom is 0.485 e. The zero-order chi connectivity index (χ0) is 16.9. The zero-order valence-corrected chi connectivity index (χ0v) is 15.7. The third-order valence-electron chi connectivity index (χ3n) is 2.77. The summed E-state index contributed by atoms with van der Waals surface area (Å²) < 4.78 is 26.1. The van der Waals surface area contributed by atoms with Crippen molar-refractivity contribution < 1.29 is 38.8 Å². The van der Waals surface area contributed by atoms with Crippen LogP contribution in [0.5, 0.6) is 0 Å². The summed E-state index contributed by atoms with van der Waals surface area (Å²) in [5.74, 6) is -1.78. The normalized spacial score (nSPS) is 10.2. The Morgan fingerprint density at radius 3 is 2.30 bits per heavy atom. The standard InChI is InChI=1S/C12H8F2N.C5H10O2.Ir/c1-8-3-2-6-15-12(8)10-5-4-9(13)7-11(10)14;1-5(2,3)4(6)7;/h2-4,6-7H,1H3;1-3H3,(H,6,7);/q-1;;/p+1. The monoisotopic (exact) mass is 500 g/mol. The first-order valence-corrected chi connectivity index (χ1v) is 6.67. The number of carboxylic acid groups (broad SMARTS) is 1. The van der Waals surface area contributed by atoms with Crippen LogP contribution in [0.4, 0.5) is 8.78 Å². The van der Waals surface area contributed by atoms with Crippen molar-refractivity contribution in [3.63, 3.8) is 0 Å². The van der Waals surface area contributed by atoms with Gasteiger partial charge < -0.3 is 14.9 Å². The summed E-state index contributed by atoms with van der Waals surface area (Å²) in [6.07, 6.45) is 1.57. The van der Waals surface area contributed by atoms with Gasteiger partial charge >= 0.3 is 5.97 Å². The number of hydrogen-bond donors (Lipinski definition) is 1. The molecule has 0 aliphatic carbocycles. The molecular formula is C17H19F2IrNO2. The topological polar surface area (TPSA) is 54.5 Å². The second-order valence-electron chi connectivity index (χ2n) is 5.78. The minimum Gasteiger partial charge on any atom is -0.339 e. The molecular weight excluding hydrogens is 480 g/mol. The molecule has 0 fully saturated rings. The smallest absolute Gasteiger partial charge is 0.339 e. The molecule has 0 saturated carbocycles. The van der Waals surface area contributed by atoms with Gasteiger partial charge in [0.2, 0.25) is 0 Å². The van der Waals surface area contributed by atoms with E-state index in [4.69, 9.17) is 9.90 Å². The van der Waals surface area contributed by atoms with Crippen molar-refractivity contribution in [1.82, 2.24) is 4.98 Å². The van der Waals surface area contributed by atoms with Crippen molar-refractivity contribution in [2.24, 2.45) is 5.41 Å². The number of aryl methyl sites for hydroxylation is 1. The minimum absolute atomic E-state index is 0. The molecule has 23 heavy (non-hydrogen) atoms. The van der Waals surface area contributed by atoms with Gasteiger partial charge in [0.1, 0.15) is 5.41 Å². The van der Waals surface area contributed by atoms with Gasteiger partial charge in [-0.05, 0) is 39.5 Å². The first-order valence-electron chi connectivity index (χ1n) is 6.67. The third kappa shape index (κ3) is 6.55. The van der Waals surface area contributed by atoms with E-state index in [-0.39, 0.29) is 25.7 Å². The Morgan fingerprint density at radius 1 is 1.30 bits per heavy atom. The van der Waals surface area contributed by atoms with Gasteiger partial charge in [0.15, 0.2) is 0 Å². The van der Waals surface area contributed by atoms with Crippen LogP contribution in [0.15, 0.2) is 30.5 Å². The number of aromatic nitrogens is 1. The van der Waals surface area contributed by atoms with Crippen LogP contribution in [-0.4, -0.2) is 20.9 Å². The Balaban J connectivity index is 0.000000522. The second-order valence-corrected chi connectivity index (χ2v) is 5.78. The van der Waals surface area contributed by atoms with E-state index in [1.54, 1.807) is 33.0 Å². The van der Waals surface area contributed by atoms with Gasteiger partial charge in [0, 0.05) is 37.9 Å². The van der Waals surface area contributed by atoms with Crippen LogP contribution in [0, 0.1) is 30.0 Å². The Labute approximate surface area is 148 Å². The molecule has 0 spiro atoms. The number of hydrogen-bond acceptors (Lipinski definition) is 1. The fourth-order valence-corrected chi connectivity index (χ4v) is 1.37. The molecule has 0 aliphatic rings. The quantitative estimate of drug-likeness (QED) is 0.472. The van der Waals surface area contributed by atoms with Gasteiger partial charge in [-0.25, -0.2) is 0 Å². The molecule has 1 radical (unpaired) electrons. The van der Waals surface area contributed by atoms with E-state index in [1.807, 2.05) is 13.0 Å². The largest absolute Gasteiger partial charge is 0.485 e. The van der Waals surface area contributed by atoms with Crippen LogP contribution in [0.3, 0.4) is 0 Å². The summed E-state index contributed by atoms with van der Waals surface area (Å²) in [4.78, 5) is 12.4. The number of rotatable bonds is 1. The van der Waals surface area contributed by atoms with Gasteiger partial charge in [0.05, 0.1) is 0 Å². The Bertz CT molecular complexity index is 670. The van der Waals surface area contributed by atoms with Crippen LogP contribution >= 0.6 is 0 Å². The summed E-state index contributed by atoms with van der Waals surface area (Å²) in [5.41, 5.74) is 1.06. The van der Waals surface area contributed by atoms with E-state index >= 15 is 0 Å². The molecule has 0 aliphatic heterocycles. The number of benzene rings is 1. The average Bonchev–Trinajstić information content (AvgIpc) is 2.40. The van der Waals surface area contributed by atoms with Crippen LogP contribution in [0.1, 0.15) is 26.3 Å².